The van der Waals surface area contributed by atoms with Gasteiger partial charge in [-0.25, -0.2) is 0 Å². The molecule has 1 aromatic rings. The van der Waals surface area contributed by atoms with Crippen LogP contribution in [0.1, 0.15) is 23.7 Å². The average molecular weight is 330 g/mol. The van der Waals surface area contributed by atoms with Crippen LogP contribution in [0, 0.1) is 0 Å². The van der Waals surface area contributed by atoms with E-state index in [4.69, 9.17) is 5.11 Å². The largest absolute Gasteiger partial charge is 0.480 e. The first kappa shape index (κ1) is 15.8. The van der Waals surface area contributed by atoms with Crippen molar-refractivity contribution in [2.24, 2.45) is 0 Å². The first-order chi connectivity index (χ1) is 8.91. The minimum atomic E-state index is -1.13. The summed E-state index contributed by atoms with van der Waals surface area (Å²) in [6, 6.07) is 5.90. The van der Waals surface area contributed by atoms with Gasteiger partial charge in [0, 0.05) is 23.0 Å². The Kier molecular flexibility index (Phi) is 6.14. The molecule has 3 N–H and O–H groups in total. The van der Waals surface area contributed by atoms with Crippen molar-refractivity contribution in [1.82, 2.24) is 5.32 Å². The van der Waals surface area contributed by atoms with Crippen LogP contribution >= 0.6 is 15.9 Å². The van der Waals surface area contributed by atoms with Crippen molar-refractivity contribution >= 4 is 27.7 Å². The molecule has 1 aromatic carbocycles. The van der Waals surface area contributed by atoms with E-state index in [0.717, 1.165) is 4.47 Å². The number of aliphatic hydroxyl groups excluding tert-OH is 1. The topological polar surface area (TPSA) is 86.6 Å². The lowest BCUT2D eigenvalue weighted by atomic mass is 10.1. The molecule has 0 aromatic heterocycles. The summed E-state index contributed by atoms with van der Waals surface area (Å²) >= 11 is 3.28. The second-order valence-electron chi connectivity index (χ2n) is 4.19. The maximum Gasteiger partial charge on any atom is 0.323 e. The number of rotatable bonds is 7. The third kappa shape index (κ3) is 5.10. The molecule has 0 aliphatic heterocycles. The molecule has 6 heteroatoms. The van der Waals surface area contributed by atoms with Gasteiger partial charge in [-0.15, -0.1) is 0 Å². The van der Waals surface area contributed by atoms with Gasteiger partial charge in [-0.3, -0.25) is 9.59 Å². The lowest BCUT2D eigenvalue weighted by Gasteiger charge is -2.16. The molecule has 1 rings (SSSR count). The van der Waals surface area contributed by atoms with Gasteiger partial charge in [-0.05, 0) is 19.1 Å². The number of nitrogens with one attached hydrogen (secondary N) is 1. The second-order valence-corrected chi connectivity index (χ2v) is 5.11. The number of ketones is 1. The lowest BCUT2D eigenvalue weighted by Crippen LogP contribution is -2.45. The summed E-state index contributed by atoms with van der Waals surface area (Å²) in [5.41, 5.74) is 0.578. The maximum atomic E-state index is 11.8. The summed E-state index contributed by atoms with van der Waals surface area (Å²) in [7, 11) is 0. The Balaban J connectivity index is 2.46. The van der Waals surface area contributed by atoms with Gasteiger partial charge in [-0.2, -0.15) is 0 Å². The fourth-order valence-corrected chi connectivity index (χ4v) is 1.85. The normalized spacial score (nSPS) is 13.8. The molecule has 0 amide bonds. The van der Waals surface area contributed by atoms with E-state index in [0.29, 0.717) is 5.56 Å². The van der Waals surface area contributed by atoms with Crippen LogP contribution in [0.2, 0.25) is 0 Å². The van der Waals surface area contributed by atoms with Crippen molar-refractivity contribution in [3.8, 4) is 0 Å². The van der Waals surface area contributed by atoms with Crippen LogP contribution in [-0.2, 0) is 4.79 Å². The summed E-state index contributed by atoms with van der Waals surface area (Å²) in [6.07, 6.45) is -0.835. The Morgan fingerprint density at radius 2 is 1.89 bits per heavy atom. The Labute approximate surface area is 119 Å². The molecule has 0 aliphatic carbocycles. The molecule has 0 fully saturated rings. The zero-order chi connectivity index (χ0) is 14.4. The number of carbonyl (C=O) groups is 2. The van der Waals surface area contributed by atoms with E-state index in [1.807, 2.05) is 0 Å². The van der Waals surface area contributed by atoms with Gasteiger partial charge in [0.15, 0.2) is 5.78 Å². The van der Waals surface area contributed by atoms with E-state index in [1.165, 1.54) is 6.92 Å². The van der Waals surface area contributed by atoms with Crippen LogP contribution in [0.3, 0.4) is 0 Å². The number of halogens is 1. The molecule has 2 atom stereocenters. The molecular weight excluding hydrogens is 314 g/mol. The van der Waals surface area contributed by atoms with Gasteiger partial charge in [0.05, 0.1) is 6.10 Å². The molecule has 5 nitrogen and oxygen atoms in total. The lowest BCUT2D eigenvalue weighted by molar-refractivity contribution is -0.142. The van der Waals surface area contributed by atoms with Crippen molar-refractivity contribution in [3.05, 3.63) is 34.3 Å². The number of aliphatic hydroxyl groups is 1. The van der Waals surface area contributed by atoms with Crippen LogP contribution in [0.15, 0.2) is 28.7 Å². The summed E-state index contributed by atoms with van der Waals surface area (Å²) in [5.74, 6) is -1.21. The quantitative estimate of drug-likeness (QED) is 0.659. The number of carboxylic acids is 1. The summed E-state index contributed by atoms with van der Waals surface area (Å²) < 4.78 is 0.891. The summed E-state index contributed by atoms with van der Waals surface area (Å²) in [4.78, 5) is 22.6. The molecule has 0 heterocycles. The molecule has 0 spiro atoms. The van der Waals surface area contributed by atoms with E-state index >= 15 is 0 Å². The third-order valence-corrected chi connectivity index (χ3v) is 3.16. The Hall–Kier alpha value is -1.24. The molecule has 104 valence electrons. The van der Waals surface area contributed by atoms with Crippen LogP contribution in [0.4, 0.5) is 0 Å². The number of carboxylic acid groups (broad SMARTS) is 1. The zero-order valence-corrected chi connectivity index (χ0v) is 12.1. The average Bonchev–Trinajstić information content (AvgIpc) is 2.34. The van der Waals surface area contributed by atoms with Gasteiger partial charge in [0.25, 0.3) is 0 Å². The number of hydrogen-bond acceptors (Lipinski definition) is 4. The van der Waals surface area contributed by atoms with Crippen LogP contribution in [0.25, 0.3) is 0 Å². The van der Waals surface area contributed by atoms with Gasteiger partial charge in [-0.1, -0.05) is 28.1 Å². The Morgan fingerprint density at radius 3 is 2.37 bits per heavy atom. The number of aliphatic carboxylic acids is 1. The van der Waals surface area contributed by atoms with Crippen molar-refractivity contribution in [3.63, 3.8) is 0 Å². The van der Waals surface area contributed by atoms with Crippen molar-refractivity contribution in [2.75, 3.05) is 6.54 Å². The fraction of sp³-hybridized carbons (Fsp3) is 0.385. The number of carbonyl (C=O) groups excluding carboxylic acids is 1. The molecule has 0 saturated carbocycles. The molecular formula is C13H16BrNO4. The molecule has 19 heavy (non-hydrogen) atoms. The first-order valence-corrected chi connectivity index (χ1v) is 6.64. The van der Waals surface area contributed by atoms with Crippen LogP contribution in [0.5, 0.6) is 0 Å². The molecule has 0 unspecified atom stereocenters. The predicted octanol–water partition coefficient (Wildman–Crippen LogP) is 1.45. The predicted molar refractivity (Wildman–Crippen MR) is 74.2 cm³/mol. The van der Waals surface area contributed by atoms with E-state index in [1.54, 1.807) is 24.3 Å². The maximum absolute atomic E-state index is 11.8. The number of Topliss-reactive ketones (excluding diaryl/α,β-unsaturated/α-hetero) is 1. The number of hydrogen-bond donors (Lipinski definition) is 3. The molecule has 0 bridgehead atoms. The monoisotopic (exact) mass is 329 g/mol. The minimum absolute atomic E-state index is 0.0743. The van der Waals surface area contributed by atoms with E-state index in [9.17, 15) is 14.7 Å². The molecule has 0 aliphatic rings. The number of benzene rings is 1. The Morgan fingerprint density at radius 1 is 1.32 bits per heavy atom. The van der Waals surface area contributed by atoms with E-state index in [-0.39, 0.29) is 18.7 Å². The van der Waals surface area contributed by atoms with Crippen LogP contribution < -0.4 is 5.32 Å². The standard InChI is InChI=1S/C13H16BrNO4/c1-8(16)12(13(18)19)15-7-6-11(17)9-2-4-10(14)5-3-9/h2-5,8,12,15-16H,6-7H2,1H3,(H,18,19)/t8-,12+/m1/s1. The van der Waals surface area contributed by atoms with Gasteiger partial charge < -0.3 is 15.5 Å². The molecule has 0 radical (unpaired) electrons. The van der Waals surface area contributed by atoms with E-state index < -0.39 is 18.1 Å². The highest BCUT2D eigenvalue weighted by molar-refractivity contribution is 9.10. The molecule has 0 saturated heterocycles. The first-order valence-electron chi connectivity index (χ1n) is 5.85. The van der Waals surface area contributed by atoms with Crippen molar-refractivity contribution in [2.45, 2.75) is 25.5 Å². The highest BCUT2D eigenvalue weighted by Crippen LogP contribution is 2.11. The van der Waals surface area contributed by atoms with Gasteiger partial charge in [0.1, 0.15) is 6.04 Å². The van der Waals surface area contributed by atoms with E-state index in [2.05, 4.69) is 21.2 Å². The van der Waals surface area contributed by atoms with Gasteiger partial charge >= 0.3 is 5.97 Å². The Bertz CT molecular complexity index is 444. The van der Waals surface area contributed by atoms with Crippen molar-refractivity contribution in [1.29, 1.82) is 0 Å². The van der Waals surface area contributed by atoms with Gasteiger partial charge in [0.2, 0.25) is 0 Å². The SMILES string of the molecule is C[C@@H](O)[C@H](NCCC(=O)c1ccc(Br)cc1)C(=O)O. The highest BCUT2D eigenvalue weighted by Gasteiger charge is 2.22. The van der Waals surface area contributed by atoms with Crippen LogP contribution in [-0.4, -0.2) is 40.7 Å². The smallest absolute Gasteiger partial charge is 0.323 e. The summed E-state index contributed by atoms with van der Waals surface area (Å²) in [5, 5.41) is 20.8. The highest BCUT2D eigenvalue weighted by atomic mass is 79.9. The minimum Gasteiger partial charge on any atom is -0.480 e. The zero-order valence-electron chi connectivity index (χ0n) is 10.5. The van der Waals surface area contributed by atoms with Crippen molar-refractivity contribution < 1.29 is 19.8 Å². The second kappa shape index (κ2) is 7.37. The summed E-state index contributed by atoms with van der Waals surface area (Å²) in [6.45, 7) is 1.60. The fourth-order valence-electron chi connectivity index (χ4n) is 1.59. The third-order valence-electron chi connectivity index (χ3n) is 2.63.